The standard InChI is InChI=1S/C9H10N2O2/c1-2-10-9(12)7-5-8-6(11-7)3-4-13-8/h3-5,11H,2H2,1H3,(H,10,12). The normalized spacial score (nSPS) is 10.5. The minimum atomic E-state index is -0.103. The molecule has 0 saturated carbocycles. The van der Waals surface area contributed by atoms with Gasteiger partial charge in [0.05, 0.1) is 11.8 Å². The van der Waals surface area contributed by atoms with E-state index in [1.165, 1.54) is 0 Å². The van der Waals surface area contributed by atoms with Crippen molar-refractivity contribution in [1.29, 1.82) is 0 Å². The van der Waals surface area contributed by atoms with Gasteiger partial charge >= 0.3 is 0 Å². The summed E-state index contributed by atoms with van der Waals surface area (Å²) in [6.07, 6.45) is 1.59. The molecule has 2 rings (SSSR count). The Kier molecular flexibility index (Phi) is 1.81. The van der Waals surface area contributed by atoms with Crippen molar-refractivity contribution in [2.75, 3.05) is 6.54 Å². The van der Waals surface area contributed by atoms with Gasteiger partial charge < -0.3 is 14.7 Å². The van der Waals surface area contributed by atoms with Crippen LogP contribution >= 0.6 is 0 Å². The third-order valence-corrected chi connectivity index (χ3v) is 1.82. The molecule has 0 radical (unpaired) electrons. The van der Waals surface area contributed by atoms with Crippen LogP contribution in [0, 0.1) is 0 Å². The molecule has 2 heterocycles. The lowest BCUT2D eigenvalue weighted by Crippen LogP contribution is -2.22. The molecule has 0 saturated heterocycles. The van der Waals surface area contributed by atoms with Crippen LogP contribution in [0.25, 0.3) is 11.1 Å². The van der Waals surface area contributed by atoms with Crippen LogP contribution in [-0.2, 0) is 0 Å². The first-order valence-electron chi connectivity index (χ1n) is 4.15. The number of furan rings is 1. The summed E-state index contributed by atoms with van der Waals surface area (Å²) in [5.74, 6) is -0.103. The highest BCUT2D eigenvalue weighted by Crippen LogP contribution is 2.15. The summed E-state index contributed by atoms with van der Waals surface area (Å²) in [4.78, 5) is 14.3. The van der Waals surface area contributed by atoms with Gasteiger partial charge in [-0.3, -0.25) is 4.79 Å². The maximum Gasteiger partial charge on any atom is 0.267 e. The number of rotatable bonds is 2. The Balaban J connectivity index is 2.34. The zero-order chi connectivity index (χ0) is 9.26. The fraction of sp³-hybridized carbons (Fsp3) is 0.222. The SMILES string of the molecule is CCNC(=O)c1cc2occc2[nH]1. The third-order valence-electron chi connectivity index (χ3n) is 1.82. The summed E-state index contributed by atoms with van der Waals surface area (Å²) in [5.41, 5.74) is 2.10. The maximum atomic E-state index is 11.3. The Morgan fingerprint density at radius 1 is 1.69 bits per heavy atom. The molecule has 0 atom stereocenters. The molecule has 0 unspecified atom stereocenters. The molecule has 2 aromatic rings. The molecule has 4 heteroatoms. The number of aromatic amines is 1. The van der Waals surface area contributed by atoms with Crippen molar-refractivity contribution in [2.24, 2.45) is 0 Å². The molecule has 0 bridgehead atoms. The highest BCUT2D eigenvalue weighted by molar-refractivity contribution is 5.96. The summed E-state index contributed by atoms with van der Waals surface area (Å²) < 4.78 is 5.12. The highest BCUT2D eigenvalue weighted by Gasteiger charge is 2.09. The van der Waals surface area contributed by atoms with Crippen LogP contribution in [-0.4, -0.2) is 17.4 Å². The number of carbonyl (C=O) groups is 1. The van der Waals surface area contributed by atoms with E-state index >= 15 is 0 Å². The Bertz CT molecular complexity index is 399. The van der Waals surface area contributed by atoms with E-state index in [0.29, 0.717) is 17.8 Å². The minimum absolute atomic E-state index is 0.103. The van der Waals surface area contributed by atoms with Crippen molar-refractivity contribution < 1.29 is 9.21 Å². The molecule has 68 valence electrons. The molecule has 0 aliphatic carbocycles. The van der Waals surface area contributed by atoms with Crippen LogP contribution in [0.2, 0.25) is 0 Å². The number of H-pyrrole nitrogens is 1. The van der Waals surface area contributed by atoms with E-state index < -0.39 is 0 Å². The summed E-state index contributed by atoms with van der Waals surface area (Å²) in [6.45, 7) is 2.50. The molecule has 2 N–H and O–H groups in total. The fourth-order valence-corrected chi connectivity index (χ4v) is 1.23. The second kappa shape index (κ2) is 2.97. The predicted molar refractivity (Wildman–Crippen MR) is 48.6 cm³/mol. The van der Waals surface area contributed by atoms with Gasteiger partial charge in [-0.05, 0) is 6.92 Å². The number of fused-ring (bicyclic) bond motifs is 1. The number of amides is 1. The lowest BCUT2D eigenvalue weighted by atomic mass is 10.4. The van der Waals surface area contributed by atoms with E-state index in [0.717, 1.165) is 5.52 Å². The van der Waals surface area contributed by atoms with Gasteiger partial charge in [0.2, 0.25) is 0 Å². The van der Waals surface area contributed by atoms with E-state index in [9.17, 15) is 4.79 Å². The molecule has 0 aliphatic heterocycles. The Hall–Kier alpha value is -1.71. The second-order valence-electron chi connectivity index (χ2n) is 2.74. The van der Waals surface area contributed by atoms with Crippen LogP contribution < -0.4 is 5.32 Å². The van der Waals surface area contributed by atoms with Crippen molar-refractivity contribution in [3.8, 4) is 0 Å². The molecule has 0 aliphatic rings. The zero-order valence-corrected chi connectivity index (χ0v) is 7.26. The molecule has 13 heavy (non-hydrogen) atoms. The van der Waals surface area contributed by atoms with Gasteiger partial charge in [0, 0.05) is 18.7 Å². The molecule has 2 aromatic heterocycles. The average Bonchev–Trinajstić information content (AvgIpc) is 2.61. The average molecular weight is 178 g/mol. The van der Waals surface area contributed by atoms with Gasteiger partial charge in [-0.2, -0.15) is 0 Å². The lowest BCUT2D eigenvalue weighted by molar-refractivity contribution is 0.0951. The van der Waals surface area contributed by atoms with Crippen molar-refractivity contribution in [3.05, 3.63) is 24.1 Å². The van der Waals surface area contributed by atoms with E-state index in [-0.39, 0.29) is 5.91 Å². The molecule has 0 aromatic carbocycles. The van der Waals surface area contributed by atoms with Crippen molar-refractivity contribution in [3.63, 3.8) is 0 Å². The van der Waals surface area contributed by atoms with E-state index in [2.05, 4.69) is 10.3 Å². The van der Waals surface area contributed by atoms with Crippen molar-refractivity contribution in [1.82, 2.24) is 10.3 Å². The van der Waals surface area contributed by atoms with Gasteiger partial charge in [-0.25, -0.2) is 0 Å². The van der Waals surface area contributed by atoms with Crippen LogP contribution in [0.1, 0.15) is 17.4 Å². The second-order valence-corrected chi connectivity index (χ2v) is 2.74. The quantitative estimate of drug-likeness (QED) is 0.732. The lowest BCUT2D eigenvalue weighted by Gasteiger charge is -1.96. The molecular formula is C9H10N2O2. The summed E-state index contributed by atoms with van der Waals surface area (Å²) in [7, 11) is 0. The first-order valence-corrected chi connectivity index (χ1v) is 4.15. The van der Waals surface area contributed by atoms with Crippen molar-refractivity contribution in [2.45, 2.75) is 6.92 Å². The zero-order valence-electron chi connectivity index (χ0n) is 7.26. The van der Waals surface area contributed by atoms with Crippen LogP contribution in [0.3, 0.4) is 0 Å². The van der Waals surface area contributed by atoms with Crippen LogP contribution in [0.4, 0.5) is 0 Å². The molecular weight excluding hydrogens is 168 g/mol. The van der Waals surface area contributed by atoms with Gasteiger partial charge in [0.15, 0.2) is 5.58 Å². The number of hydrogen-bond donors (Lipinski definition) is 2. The monoisotopic (exact) mass is 178 g/mol. The van der Waals surface area contributed by atoms with E-state index in [1.54, 1.807) is 18.4 Å². The largest absolute Gasteiger partial charge is 0.463 e. The highest BCUT2D eigenvalue weighted by atomic mass is 16.3. The Morgan fingerprint density at radius 2 is 2.54 bits per heavy atom. The number of hydrogen-bond acceptors (Lipinski definition) is 2. The fourth-order valence-electron chi connectivity index (χ4n) is 1.23. The topological polar surface area (TPSA) is 58.0 Å². The predicted octanol–water partition coefficient (Wildman–Crippen LogP) is 1.51. The molecule has 1 amide bonds. The summed E-state index contributed by atoms with van der Waals surface area (Å²) in [6, 6.07) is 3.48. The summed E-state index contributed by atoms with van der Waals surface area (Å²) >= 11 is 0. The number of nitrogens with one attached hydrogen (secondary N) is 2. The molecule has 0 spiro atoms. The minimum Gasteiger partial charge on any atom is -0.463 e. The van der Waals surface area contributed by atoms with Crippen LogP contribution in [0.15, 0.2) is 22.8 Å². The number of carbonyl (C=O) groups excluding carboxylic acids is 1. The van der Waals surface area contributed by atoms with Gasteiger partial charge in [-0.1, -0.05) is 0 Å². The van der Waals surface area contributed by atoms with E-state index in [1.807, 2.05) is 6.92 Å². The van der Waals surface area contributed by atoms with E-state index in [4.69, 9.17) is 4.42 Å². The Morgan fingerprint density at radius 3 is 3.23 bits per heavy atom. The Labute approximate surface area is 74.9 Å². The first kappa shape index (κ1) is 7.91. The molecule has 0 fully saturated rings. The number of aromatic nitrogens is 1. The van der Waals surface area contributed by atoms with Gasteiger partial charge in [-0.15, -0.1) is 0 Å². The maximum absolute atomic E-state index is 11.3. The van der Waals surface area contributed by atoms with Crippen molar-refractivity contribution >= 4 is 17.0 Å². The van der Waals surface area contributed by atoms with Gasteiger partial charge in [0.1, 0.15) is 5.69 Å². The molecule has 4 nitrogen and oxygen atoms in total. The smallest absolute Gasteiger partial charge is 0.267 e. The van der Waals surface area contributed by atoms with Crippen LogP contribution in [0.5, 0.6) is 0 Å². The first-order chi connectivity index (χ1) is 6.31. The van der Waals surface area contributed by atoms with Gasteiger partial charge in [0.25, 0.3) is 5.91 Å². The summed E-state index contributed by atoms with van der Waals surface area (Å²) in [5, 5.41) is 2.70. The third kappa shape index (κ3) is 1.30.